The predicted octanol–water partition coefficient (Wildman–Crippen LogP) is 3.63. The van der Waals surface area contributed by atoms with E-state index in [1.54, 1.807) is 0 Å². The number of fused-ring (bicyclic) bond motifs is 8. The van der Waals surface area contributed by atoms with Gasteiger partial charge in [0.15, 0.2) is 6.23 Å². The zero-order chi connectivity index (χ0) is 38.6. The Morgan fingerprint density at radius 2 is 1.72 bits per heavy atom. The molecule has 0 bridgehead atoms. The molecule has 5 fully saturated rings. The first-order valence-corrected chi connectivity index (χ1v) is 19.9. The van der Waals surface area contributed by atoms with E-state index in [0.29, 0.717) is 42.4 Å². The van der Waals surface area contributed by atoms with Crippen LogP contribution in [0.3, 0.4) is 0 Å². The van der Waals surface area contributed by atoms with Crippen molar-refractivity contribution in [2.45, 2.75) is 135 Å². The van der Waals surface area contributed by atoms with Crippen LogP contribution in [0.2, 0.25) is 0 Å². The molecule has 3 heterocycles. The van der Waals surface area contributed by atoms with Crippen molar-refractivity contribution in [3.05, 3.63) is 47.8 Å². The summed E-state index contributed by atoms with van der Waals surface area (Å²) in [4.78, 5) is 36.7. The molecule has 13 heteroatoms. The minimum atomic E-state index is -1.56. The topological polar surface area (TPSA) is 190 Å². The van der Waals surface area contributed by atoms with Crippen LogP contribution in [0.1, 0.15) is 109 Å². The van der Waals surface area contributed by atoms with Crippen molar-refractivity contribution < 1.29 is 39.5 Å². The predicted molar refractivity (Wildman–Crippen MR) is 194 cm³/mol. The van der Waals surface area contributed by atoms with Crippen LogP contribution in [0.25, 0.3) is 0 Å². The van der Waals surface area contributed by atoms with Crippen LogP contribution in [0, 0.1) is 51.2 Å². The number of aliphatic hydroxyl groups is 4. The monoisotopic (exact) mass is 747 g/mol. The lowest BCUT2D eigenvalue weighted by atomic mass is 9.32. The second kappa shape index (κ2) is 13.0. The van der Waals surface area contributed by atoms with Crippen molar-refractivity contribution in [1.29, 1.82) is 0 Å². The Labute approximate surface area is 316 Å². The number of aliphatic hydroxyl groups excluding tert-OH is 4. The molecule has 6 aliphatic rings. The summed E-state index contributed by atoms with van der Waals surface area (Å²) in [5.41, 5.74) is 2.32. The molecule has 2 aromatic rings. The average Bonchev–Trinajstić information content (AvgIpc) is 3.79. The summed E-state index contributed by atoms with van der Waals surface area (Å²) in [5.74, 6) is 0.695. The lowest BCUT2D eigenvalue weighted by Crippen LogP contribution is -2.67. The average molecular weight is 748 g/mol. The van der Waals surface area contributed by atoms with Crippen LogP contribution in [-0.4, -0.2) is 88.7 Å². The number of carbonyl (C=O) groups excluding carboxylic acids is 2. The molecule has 4 saturated carbocycles. The van der Waals surface area contributed by atoms with Crippen molar-refractivity contribution in [3.8, 4) is 0 Å². The van der Waals surface area contributed by atoms with Gasteiger partial charge in [-0.25, -0.2) is 4.68 Å². The van der Waals surface area contributed by atoms with E-state index in [-0.39, 0.29) is 52.0 Å². The first-order chi connectivity index (χ1) is 25.6. The van der Waals surface area contributed by atoms with Gasteiger partial charge in [0.2, 0.25) is 0 Å². The molecule has 2 aromatic heterocycles. The van der Waals surface area contributed by atoms with E-state index in [9.17, 15) is 30.0 Å². The Morgan fingerprint density at radius 1 is 0.963 bits per heavy atom. The fourth-order valence-corrected chi connectivity index (χ4v) is 13.9. The number of carbonyl (C=O) groups is 2. The van der Waals surface area contributed by atoms with Crippen molar-refractivity contribution in [2.75, 3.05) is 6.61 Å². The highest BCUT2D eigenvalue weighted by Crippen LogP contribution is 2.77. The zero-order valence-corrected chi connectivity index (χ0v) is 32.2. The molecule has 8 rings (SSSR count). The molecular weight excluding hydrogens is 690 g/mol. The Bertz CT molecular complexity index is 1820. The largest absolute Gasteiger partial charge is 0.459 e. The van der Waals surface area contributed by atoms with Gasteiger partial charge in [-0.1, -0.05) is 46.4 Å². The molecule has 54 heavy (non-hydrogen) atoms. The van der Waals surface area contributed by atoms with Gasteiger partial charge in [-0.3, -0.25) is 19.6 Å². The van der Waals surface area contributed by atoms with E-state index in [2.05, 4.69) is 51.5 Å². The van der Waals surface area contributed by atoms with E-state index < -0.39 is 42.7 Å². The fraction of sp³-hybridized carbons (Fsp3) is 0.756. The van der Waals surface area contributed by atoms with Crippen LogP contribution in [0.4, 0.5) is 0 Å². The molecule has 14 atom stereocenters. The molecule has 294 valence electrons. The zero-order valence-electron chi connectivity index (χ0n) is 32.2. The Morgan fingerprint density at radius 3 is 2.46 bits per heavy atom. The first-order valence-electron chi connectivity index (χ1n) is 19.9. The summed E-state index contributed by atoms with van der Waals surface area (Å²) >= 11 is 0. The van der Waals surface area contributed by atoms with Gasteiger partial charge in [0.1, 0.15) is 43.0 Å². The summed E-state index contributed by atoms with van der Waals surface area (Å²) in [6.07, 6.45) is 7.20. The molecule has 4 N–H and O–H groups in total. The number of aldehydes is 1. The van der Waals surface area contributed by atoms with Crippen molar-refractivity contribution >= 4 is 12.3 Å². The third kappa shape index (κ3) is 5.13. The third-order valence-electron chi connectivity index (χ3n) is 16.6. The van der Waals surface area contributed by atoms with Crippen LogP contribution < -0.4 is 0 Å². The standard InChI is InChI=1S/C41H57N5O8/c1-22(19-47)24-9-12-41(36(52)53-21-23-18-46(45-44-23)35-33(51)32(50)31(49)27(20-48)54-35)14-13-39(5)25(30(24)41)7-8-29-38(4)17-26-34(43-16-15-42-26)37(2,3)28(38)10-11-40(29,39)6/h15-16,18-19,24-25,27-33,35,48-51H,1,7-14,17,20-21H2,2-6H3/t24-,25+,27+,28-,29+,30+,31+,32-,33+,35-,38-,39+,40+,41-/m0/s1. The first kappa shape index (κ1) is 37.8. The van der Waals surface area contributed by atoms with Crippen LogP contribution >= 0.6 is 0 Å². The number of rotatable bonds is 7. The number of aromatic nitrogens is 5. The second-order valence-corrected chi connectivity index (χ2v) is 18.9. The lowest BCUT2D eigenvalue weighted by Gasteiger charge is -2.72. The van der Waals surface area contributed by atoms with Crippen LogP contribution in [0.5, 0.6) is 0 Å². The van der Waals surface area contributed by atoms with E-state index in [0.717, 1.165) is 56.2 Å². The molecule has 0 spiro atoms. The van der Waals surface area contributed by atoms with Gasteiger partial charge in [-0.15, -0.1) is 5.10 Å². The van der Waals surface area contributed by atoms with E-state index >= 15 is 0 Å². The van der Waals surface area contributed by atoms with Gasteiger partial charge < -0.3 is 29.9 Å². The summed E-state index contributed by atoms with van der Waals surface area (Å²) in [6, 6.07) is 0. The normalized spacial score (nSPS) is 44.8. The highest BCUT2D eigenvalue weighted by Gasteiger charge is 2.72. The molecule has 0 amide bonds. The van der Waals surface area contributed by atoms with E-state index in [1.165, 1.54) is 10.9 Å². The highest BCUT2D eigenvalue weighted by molar-refractivity contribution is 5.80. The summed E-state index contributed by atoms with van der Waals surface area (Å²) < 4.78 is 12.9. The quantitative estimate of drug-likeness (QED) is 0.183. The smallest absolute Gasteiger partial charge is 0.312 e. The van der Waals surface area contributed by atoms with E-state index in [1.807, 2.05) is 12.4 Å². The van der Waals surface area contributed by atoms with Crippen molar-refractivity contribution in [1.82, 2.24) is 25.0 Å². The maximum atomic E-state index is 14.6. The van der Waals surface area contributed by atoms with Crippen molar-refractivity contribution in [2.24, 2.45) is 51.2 Å². The second-order valence-electron chi connectivity index (χ2n) is 18.9. The molecule has 13 nitrogen and oxygen atoms in total. The minimum absolute atomic E-state index is 0.0194. The summed E-state index contributed by atoms with van der Waals surface area (Å²) in [6.45, 7) is 15.8. The Hall–Kier alpha value is -3.10. The molecule has 1 aliphatic heterocycles. The summed E-state index contributed by atoms with van der Waals surface area (Å²) in [7, 11) is 0. The van der Waals surface area contributed by atoms with Gasteiger partial charge in [0.25, 0.3) is 0 Å². The molecule has 0 aromatic carbocycles. The number of hydrogen-bond donors (Lipinski definition) is 4. The third-order valence-corrected chi connectivity index (χ3v) is 16.6. The molecule has 1 saturated heterocycles. The SMILES string of the molecule is C=C(C=O)[C@@H]1CC[C@]2(C(=O)OCc3cn([C@H]4O[C@H](CO)[C@@H](O)[C@H](O)[C@H]4O)nn3)CC[C@]3(C)[C@H](CC[C@@H]4[C@@]5(C)Cc6nccnc6C(C)(C)[C@@H]5CC[C@]43C)[C@@H]12. The minimum Gasteiger partial charge on any atom is -0.459 e. The molecule has 0 radical (unpaired) electrons. The summed E-state index contributed by atoms with van der Waals surface area (Å²) in [5, 5.41) is 48.8. The maximum absolute atomic E-state index is 14.6. The van der Waals surface area contributed by atoms with Gasteiger partial charge in [-0.2, -0.15) is 0 Å². The Balaban J connectivity index is 1.06. The number of nitrogens with zero attached hydrogens (tertiary/aromatic N) is 5. The van der Waals surface area contributed by atoms with Gasteiger partial charge >= 0.3 is 5.97 Å². The van der Waals surface area contributed by atoms with Crippen LogP contribution in [0.15, 0.2) is 30.7 Å². The van der Waals surface area contributed by atoms with E-state index in [4.69, 9.17) is 19.4 Å². The van der Waals surface area contributed by atoms with Gasteiger partial charge in [0.05, 0.1) is 29.6 Å². The number of ether oxygens (including phenoxy) is 2. The van der Waals surface area contributed by atoms with Crippen molar-refractivity contribution in [3.63, 3.8) is 0 Å². The molecular formula is C41H57N5O8. The Kier molecular flexibility index (Phi) is 9.08. The highest BCUT2D eigenvalue weighted by atomic mass is 16.6. The molecule has 0 unspecified atom stereocenters. The fourth-order valence-electron chi connectivity index (χ4n) is 13.9. The number of hydrogen-bond acceptors (Lipinski definition) is 12. The van der Waals surface area contributed by atoms with Gasteiger partial charge in [-0.05, 0) is 109 Å². The maximum Gasteiger partial charge on any atom is 0.312 e. The molecule has 5 aliphatic carbocycles. The van der Waals surface area contributed by atoms with Crippen LogP contribution in [-0.2, 0) is 37.5 Å². The number of allylic oxidation sites excluding steroid dienone is 1. The van der Waals surface area contributed by atoms with Gasteiger partial charge in [0, 0.05) is 17.8 Å². The number of esters is 1. The lowest BCUT2D eigenvalue weighted by molar-refractivity contribution is -0.254.